The molecule has 3 aliphatic rings. The van der Waals surface area contributed by atoms with E-state index in [0.29, 0.717) is 11.6 Å². The first-order valence-electron chi connectivity index (χ1n) is 25.1. The monoisotopic (exact) mass is 978 g/mol. The van der Waals surface area contributed by atoms with Crippen LogP contribution >= 0.6 is 22.7 Å². The molecule has 0 spiro atoms. The lowest BCUT2D eigenvalue weighted by molar-refractivity contribution is 0.755. The number of aromatic nitrogens is 4. The summed E-state index contributed by atoms with van der Waals surface area (Å²) in [4.78, 5) is 23.5. The molecular weight excluding hydrogens is 937 g/mol. The van der Waals surface area contributed by atoms with Crippen LogP contribution in [0.3, 0.4) is 0 Å². The molecule has 0 radical (unpaired) electrons. The maximum atomic E-state index is 5.30. The van der Waals surface area contributed by atoms with Gasteiger partial charge in [0.2, 0.25) is 0 Å². The van der Waals surface area contributed by atoms with Crippen LogP contribution in [0.2, 0.25) is 0 Å². The third-order valence-electron chi connectivity index (χ3n) is 14.9. The maximum absolute atomic E-state index is 5.30. The fraction of sp³-hybridized carbons (Fsp3) is 0.0294. The Labute approximate surface area is 436 Å². The van der Waals surface area contributed by atoms with E-state index in [4.69, 9.17) is 19.9 Å². The number of hydrogen-bond donors (Lipinski definition) is 0. The van der Waals surface area contributed by atoms with Gasteiger partial charge in [0.15, 0.2) is 11.6 Å². The van der Waals surface area contributed by atoms with E-state index in [0.717, 1.165) is 56.2 Å². The van der Waals surface area contributed by atoms with Crippen molar-refractivity contribution in [3.8, 4) is 88.7 Å². The van der Waals surface area contributed by atoms with Crippen LogP contribution in [-0.4, -0.2) is 19.9 Å². The van der Waals surface area contributed by atoms with E-state index in [2.05, 4.69) is 231 Å². The summed E-state index contributed by atoms with van der Waals surface area (Å²) < 4.78 is 2.59. The second-order valence-corrected chi connectivity index (χ2v) is 21.5. The molecule has 16 rings (SSSR count). The Bertz CT molecular complexity index is 3970. The van der Waals surface area contributed by atoms with Crippen molar-refractivity contribution in [1.29, 1.82) is 0 Å². The molecule has 0 saturated heterocycles. The highest BCUT2D eigenvalue weighted by atomic mass is 32.1. The smallest absolute Gasteiger partial charge is 0.160 e. The van der Waals surface area contributed by atoms with Gasteiger partial charge in [-0.3, -0.25) is 0 Å². The minimum atomic E-state index is 0.0619. The van der Waals surface area contributed by atoms with E-state index in [1.165, 1.54) is 74.4 Å². The molecule has 3 aliphatic carbocycles. The Kier molecular flexibility index (Phi) is 10.0. The van der Waals surface area contributed by atoms with Gasteiger partial charge in [0, 0.05) is 64.4 Å². The van der Waals surface area contributed by atoms with Gasteiger partial charge in [-0.1, -0.05) is 194 Å². The first-order chi connectivity index (χ1) is 36.6. The molecule has 346 valence electrons. The van der Waals surface area contributed by atoms with E-state index in [1.54, 1.807) is 0 Å². The van der Waals surface area contributed by atoms with Gasteiger partial charge >= 0.3 is 0 Å². The quantitative estimate of drug-likeness (QED) is 0.152. The summed E-state index contributed by atoms with van der Waals surface area (Å²) in [5, 5.41) is 2.55. The van der Waals surface area contributed by atoms with Crippen molar-refractivity contribution in [3.63, 3.8) is 0 Å². The van der Waals surface area contributed by atoms with Crippen molar-refractivity contribution in [2.24, 2.45) is 0 Å². The molecule has 0 aliphatic heterocycles. The molecule has 0 N–H and O–H groups in total. The molecule has 2 unspecified atom stereocenters. The molecule has 6 heteroatoms. The van der Waals surface area contributed by atoms with Gasteiger partial charge in [0.05, 0.1) is 22.8 Å². The van der Waals surface area contributed by atoms with Crippen LogP contribution < -0.4 is 0 Å². The lowest BCUT2D eigenvalue weighted by Crippen LogP contribution is -2.27. The van der Waals surface area contributed by atoms with Gasteiger partial charge in [-0.25, -0.2) is 19.9 Å². The molecule has 9 aromatic carbocycles. The van der Waals surface area contributed by atoms with Crippen LogP contribution in [0, 0.1) is 0 Å². The van der Waals surface area contributed by atoms with Crippen molar-refractivity contribution in [1.82, 2.24) is 19.9 Å². The van der Waals surface area contributed by atoms with Gasteiger partial charge < -0.3 is 0 Å². The average molecular weight is 979 g/mol. The summed E-state index contributed by atoms with van der Waals surface area (Å²) in [5.74, 6) is 1.54. The normalized spacial score (nSPS) is 14.2. The van der Waals surface area contributed by atoms with E-state index < -0.39 is 0 Å². The zero-order chi connectivity index (χ0) is 48.7. The Hall–Kier alpha value is -8.94. The zero-order valence-electron chi connectivity index (χ0n) is 39.9. The molecule has 4 nitrogen and oxygen atoms in total. The summed E-state index contributed by atoms with van der Waals surface area (Å²) in [6.45, 7) is 0. The molecule has 4 aromatic heterocycles. The van der Waals surface area contributed by atoms with Crippen LogP contribution in [0.1, 0.15) is 45.2 Å². The van der Waals surface area contributed by atoms with Crippen molar-refractivity contribution < 1.29 is 0 Å². The first kappa shape index (κ1) is 42.7. The fourth-order valence-corrected chi connectivity index (χ4v) is 13.4. The average Bonchev–Trinajstić information content (AvgIpc) is 4.15. The Morgan fingerprint density at radius 1 is 0.243 bits per heavy atom. The molecular formula is C68H42N4S2. The van der Waals surface area contributed by atoms with E-state index in [1.807, 2.05) is 34.8 Å². The highest BCUT2D eigenvalue weighted by Gasteiger charge is 2.41. The molecule has 0 fully saturated rings. The largest absolute Gasteiger partial charge is 0.228 e. The van der Waals surface area contributed by atoms with Crippen LogP contribution in [-0.2, 0) is 0 Å². The molecule has 2 bridgehead atoms. The van der Waals surface area contributed by atoms with E-state index in [-0.39, 0.29) is 11.8 Å². The van der Waals surface area contributed by atoms with Crippen molar-refractivity contribution in [2.45, 2.75) is 11.8 Å². The molecule has 4 heterocycles. The van der Waals surface area contributed by atoms with E-state index in [9.17, 15) is 0 Å². The topological polar surface area (TPSA) is 51.6 Å². The Morgan fingerprint density at radius 3 is 1.00 bits per heavy atom. The van der Waals surface area contributed by atoms with Crippen LogP contribution in [0.15, 0.2) is 243 Å². The van der Waals surface area contributed by atoms with Crippen molar-refractivity contribution in [2.75, 3.05) is 0 Å². The maximum Gasteiger partial charge on any atom is 0.160 e. The zero-order valence-corrected chi connectivity index (χ0v) is 41.5. The molecule has 74 heavy (non-hydrogen) atoms. The number of nitrogens with zero attached hydrogens (tertiary/aromatic N) is 4. The highest BCUT2D eigenvalue weighted by Crippen LogP contribution is 2.57. The molecule has 0 saturated carbocycles. The predicted molar refractivity (Wildman–Crippen MR) is 307 cm³/mol. The predicted octanol–water partition coefficient (Wildman–Crippen LogP) is 18.0. The Morgan fingerprint density at radius 2 is 0.581 bits per heavy atom. The van der Waals surface area contributed by atoms with Crippen LogP contribution in [0.25, 0.3) is 109 Å². The fourth-order valence-electron chi connectivity index (χ4n) is 11.3. The molecule has 13 aromatic rings. The SMILES string of the molecule is c1ccc(-c2nc(-c3ccc(-c4cc5ccccc5s4)cc3)cc(-c3ccc4c(c3)C3c5ccccc5C4c4cc(-c5cc(-c6ccc(-c7cc8ccccc8s7)cc6)nc(-c6ccccc6)n5)ccc43)n2)cc1. The Balaban J connectivity index is 0.807. The van der Waals surface area contributed by atoms with Gasteiger partial charge in [0.25, 0.3) is 0 Å². The summed E-state index contributed by atoms with van der Waals surface area (Å²) in [5.41, 5.74) is 20.3. The number of thiophene rings is 2. The lowest BCUT2D eigenvalue weighted by Gasteiger charge is -2.42. The first-order valence-corrected chi connectivity index (χ1v) is 26.7. The minimum absolute atomic E-state index is 0.0619. The second-order valence-electron chi connectivity index (χ2n) is 19.3. The number of benzene rings is 9. The summed E-state index contributed by atoms with van der Waals surface area (Å²) >= 11 is 3.66. The third kappa shape index (κ3) is 7.33. The minimum Gasteiger partial charge on any atom is -0.228 e. The highest BCUT2D eigenvalue weighted by molar-refractivity contribution is 7.22. The third-order valence-corrected chi connectivity index (χ3v) is 17.3. The lowest BCUT2D eigenvalue weighted by atomic mass is 9.60. The van der Waals surface area contributed by atoms with Crippen molar-refractivity contribution >= 4 is 42.8 Å². The number of rotatable bonds is 8. The standard InChI is InChI=1S/C68H42N4S2/c1-3-13-45(14-4-1)67-69-57(41-23-27-43(28-24-41)63-37-49-17-7-11-21-61(49)73-63)39-59(71-67)47-31-33-53-55(35-47)65-51-19-9-10-20-52(51)66(53)56-36-48(32-34-54(56)65)60-40-58(70-68(72-60)46-15-5-2-6-16-46)42-25-29-44(30-26-42)64-38-50-18-8-12-22-62(50)74-64/h1-40,65-66H. The summed E-state index contributed by atoms with van der Waals surface area (Å²) in [7, 11) is 0. The summed E-state index contributed by atoms with van der Waals surface area (Å²) in [6, 6.07) is 87.5. The van der Waals surface area contributed by atoms with Gasteiger partial charge in [0.1, 0.15) is 0 Å². The van der Waals surface area contributed by atoms with Gasteiger partial charge in [-0.15, -0.1) is 22.7 Å². The van der Waals surface area contributed by atoms with Gasteiger partial charge in [-0.05, 0) is 104 Å². The number of hydrogen-bond acceptors (Lipinski definition) is 6. The van der Waals surface area contributed by atoms with Crippen molar-refractivity contribution in [3.05, 3.63) is 276 Å². The molecule has 2 atom stereocenters. The second kappa shape index (κ2) is 17.4. The van der Waals surface area contributed by atoms with Gasteiger partial charge in [-0.2, -0.15) is 0 Å². The van der Waals surface area contributed by atoms with Crippen LogP contribution in [0.4, 0.5) is 0 Å². The van der Waals surface area contributed by atoms with E-state index >= 15 is 0 Å². The number of fused-ring (bicyclic) bond motifs is 2. The van der Waals surface area contributed by atoms with Crippen LogP contribution in [0.5, 0.6) is 0 Å². The summed E-state index contributed by atoms with van der Waals surface area (Å²) in [6.07, 6.45) is 0. The molecule has 0 amide bonds.